The lowest BCUT2D eigenvalue weighted by molar-refractivity contribution is -0.134. The van der Waals surface area contributed by atoms with Gasteiger partial charge in [-0.25, -0.2) is 15.1 Å². The molecule has 0 saturated heterocycles. The third kappa shape index (κ3) is 7.42. The summed E-state index contributed by atoms with van der Waals surface area (Å²) in [6.07, 6.45) is 1.19. The molecule has 0 saturated carbocycles. The van der Waals surface area contributed by atoms with Crippen LogP contribution in [-0.4, -0.2) is 44.6 Å². The Morgan fingerprint density at radius 3 is 2.26 bits per heavy atom. The first kappa shape index (κ1) is 28.1. The highest BCUT2D eigenvalue weighted by molar-refractivity contribution is 8.00. The molecule has 0 aliphatic rings. The van der Waals surface area contributed by atoms with Crippen LogP contribution in [0.5, 0.6) is 5.75 Å². The molecule has 12 nitrogen and oxygen atoms in total. The molecule has 2 rings (SSSR count). The van der Waals surface area contributed by atoms with Gasteiger partial charge in [0.1, 0.15) is 34.0 Å². The molecule has 3 N–H and O–H groups in total. The number of anilines is 1. The molecule has 0 aliphatic heterocycles. The van der Waals surface area contributed by atoms with E-state index in [0.717, 1.165) is 18.0 Å². The van der Waals surface area contributed by atoms with Gasteiger partial charge in [-0.2, -0.15) is 18.9 Å². The summed E-state index contributed by atoms with van der Waals surface area (Å²) in [5.41, 5.74) is 5.92. The van der Waals surface area contributed by atoms with E-state index in [1.54, 1.807) is 25.9 Å². The van der Waals surface area contributed by atoms with Crippen LogP contribution in [0.3, 0.4) is 0 Å². The van der Waals surface area contributed by atoms with Crippen LogP contribution in [0.25, 0.3) is 0 Å². The molecule has 15 heteroatoms. The standard InChI is InChI=1S/C20H22N5O7PS2/c1-5-14-15(10-21)18(25(2)3)24-19(16(14)11-22)34-17(20(26)31-33(23,27)28)12-6-8-13(9-7-12)32-35(4,29)30/h6-9,17H,5H2,1-4H3,(H3,23,27,28)/t17-/m1/s1. The molecule has 2 aromatic rings. The van der Waals surface area contributed by atoms with Crippen molar-refractivity contribution >= 4 is 41.4 Å². The predicted octanol–water partition coefficient (Wildman–Crippen LogP) is 2.23. The number of aromatic nitrogens is 1. The number of pyridine rings is 1. The number of benzene rings is 1. The minimum Gasteiger partial charge on any atom is -0.383 e. The minimum absolute atomic E-state index is 0.0302. The van der Waals surface area contributed by atoms with E-state index in [9.17, 15) is 33.2 Å². The summed E-state index contributed by atoms with van der Waals surface area (Å²) in [6.45, 7) is 1.76. The van der Waals surface area contributed by atoms with Crippen LogP contribution in [0.2, 0.25) is 0 Å². The Hall–Kier alpha value is -3.13. The Bertz CT molecular complexity index is 1360. The van der Waals surface area contributed by atoms with Crippen molar-refractivity contribution in [1.29, 1.82) is 10.5 Å². The van der Waals surface area contributed by atoms with E-state index in [1.807, 2.05) is 6.07 Å². The Balaban J connectivity index is 2.66. The maximum absolute atomic E-state index is 12.8. The number of nitrogens with two attached hydrogens (primary N) is 1. The number of carbonyl (C=O) groups is 1. The summed E-state index contributed by atoms with van der Waals surface area (Å²) in [4.78, 5) is 28.2. The summed E-state index contributed by atoms with van der Waals surface area (Å²) in [6, 6.07) is 9.32. The van der Waals surface area contributed by atoms with Crippen molar-refractivity contribution < 1.29 is 31.4 Å². The van der Waals surface area contributed by atoms with E-state index in [4.69, 9.17) is 9.69 Å². The average molecular weight is 540 g/mol. The van der Waals surface area contributed by atoms with Crippen LogP contribution >= 0.6 is 19.5 Å². The maximum Gasteiger partial charge on any atom is 0.455 e. The highest BCUT2D eigenvalue weighted by Crippen LogP contribution is 2.43. The van der Waals surface area contributed by atoms with E-state index in [1.165, 1.54) is 24.3 Å². The van der Waals surface area contributed by atoms with E-state index < -0.39 is 29.1 Å². The molecule has 1 aromatic carbocycles. The summed E-state index contributed by atoms with van der Waals surface area (Å²) in [5, 5.41) is 18.2. The zero-order chi connectivity index (χ0) is 26.6. The molecule has 0 fully saturated rings. The quantitative estimate of drug-likeness (QED) is 0.267. The molecule has 1 heterocycles. The first-order chi connectivity index (χ1) is 16.2. The lowest BCUT2D eigenvalue weighted by atomic mass is 10.0. The first-order valence-corrected chi connectivity index (χ1v) is 14.1. The number of thioether (sulfide) groups is 1. The number of hydrogen-bond donors (Lipinski definition) is 2. The van der Waals surface area contributed by atoms with Crippen LogP contribution in [0.15, 0.2) is 29.3 Å². The van der Waals surface area contributed by atoms with E-state index in [2.05, 4.69) is 15.6 Å². The molecule has 2 atom stereocenters. The first-order valence-electron chi connectivity index (χ1n) is 9.76. The Morgan fingerprint density at radius 1 is 1.26 bits per heavy atom. The van der Waals surface area contributed by atoms with Gasteiger partial charge in [-0.05, 0) is 29.7 Å². The third-order valence-corrected chi connectivity index (χ3v) is 6.50. The molecule has 0 radical (unpaired) electrons. The monoisotopic (exact) mass is 539 g/mol. The zero-order valence-corrected chi connectivity index (χ0v) is 21.6. The van der Waals surface area contributed by atoms with Crippen LogP contribution in [0.4, 0.5) is 5.82 Å². The largest absolute Gasteiger partial charge is 0.455 e. The molecule has 0 spiro atoms. The van der Waals surface area contributed by atoms with Crippen LogP contribution < -0.4 is 14.6 Å². The lowest BCUT2D eigenvalue weighted by Crippen LogP contribution is -2.18. The Morgan fingerprint density at radius 2 is 1.83 bits per heavy atom. The van der Waals surface area contributed by atoms with Crippen molar-refractivity contribution in [2.24, 2.45) is 5.50 Å². The second kappa shape index (κ2) is 11.1. The van der Waals surface area contributed by atoms with Gasteiger partial charge >= 0.3 is 23.8 Å². The van der Waals surface area contributed by atoms with Crippen LogP contribution in [0, 0.1) is 22.7 Å². The molecule has 0 amide bonds. The van der Waals surface area contributed by atoms with E-state index >= 15 is 0 Å². The van der Waals surface area contributed by atoms with Gasteiger partial charge in [-0.1, -0.05) is 30.8 Å². The fourth-order valence-corrected chi connectivity index (χ4v) is 4.99. The molecular formula is C20H22N5O7PS2. The number of carbonyl (C=O) groups excluding carboxylic acids is 1. The van der Waals surface area contributed by atoms with Gasteiger partial charge in [-0.15, -0.1) is 0 Å². The van der Waals surface area contributed by atoms with E-state index in [-0.39, 0.29) is 33.3 Å². The minimum atomic E-state index is -4.71. The number of nitriles is 2. The van der Waals surface area contributed by atoms with Gasteiger partial charge in [0.2, 0.25) is 0 Å². The van der Waals surface area contributed by atoms with Crippen molar-refractivity contribution in [2.75, 3.05) is 25.3 Å². The molecule has 0 aliphatic carbocycles. The van der Waals surface area contributed by atoms with Crippen molar-refractivity contribution in [3.05, 3.63) is 46.5 Å². The summed E-state index contributed by atoms with van der Waals surface area (Å²) < 4.78 is 43.6. The third-order valence-electron chi connectivity index (χ3n) is 4.34. The van der Waals surface area contributed by atoms with Crippen molar-refractivity contribution in [3.63, 3.8) is 0 Å². The summed E-state index contributed by atoms with van der Waals surface area (Å²) >= 11 is 0.750. The van der Waals surface area contributed by atoms with Gasteiger partial charge in [0.25, 0.3) is 0 Å². The molecule has 35 heavy (non-hydrogen) atoms. The maximum atomic E-state index is 12.8. The molecule has 1 unspecified atom stereocenters. The SMILES string of the molecule is CCc1c(C#N)c(S[C@@H](C(=O)OP(N)(=O)O)c2ccc(OS(C)(=O)=O)cc2)nc(N(C)C)c1C#N. The smallest absolute Gasteiger partial charge is 0.383 e. The zero-order valence-electron chi connectivity index (χ0n) is 19.1. The number of nitrogens with zero attached hydrogens (tertiary/aromatic N) is 4. The van der Waals surface area contributed by atoms with Crippen LogP contribution in [-0.2, 0) is 30.4 Å². The Kier molecular flexibility index (Phi) is 8.89. The summed E-state index contributed by atoms with van der Waals surface area (Å²) in [5.74, 6) is -0.960. The van der Waals surface area contributed by atoms with Gasteiger partial charge in [0.15, 0.2) is 0 Å². The van der Waals surface area contributed by atoms with Crippen molar-refractivity contribution in [2.45, 2.75) is 23.6 Å². The fraction of sp³-hybridized carbons (Fsp3) is 0.300. The highest BCUT2D eigenvalue weighted by Gasteiger charge is 2.32. The molecule has 1 aromatic heterocycles. The number of hydrogen-bond acceptors (Lipinski definition) is 11. The number of rotatable bonds is 9. The van der Waals surface area contributed by atoms with Crippen LogP contribution in [0.1, 0.15) is 34.4 Å². The predicted molar refractivity (Wildman–Crippen MR) is 128 cm³/mol. The van der Waals surface area contributed by atoms with Gasteiger partial charge in [0, 0.05) is 14.1 Å². The Labute approximate surface area is 207 Å². The van der Waals surface area contributed by atoms with Gasteiger partial charge in [-0.3, -0.25) is 4.79 Å². The van der Waals surface area contributed by atoms with Crippen molar-refractivity contribution in [1.82, 2.24) is 4.98 Å². The molecular weight excluding hydrogens is 517 g/mol. The van der Waals surface area contributed by atoms with Crippen molar-refractivity contribution in [3.8, 4) is 17.9 Å². The normalized spacial score (nSPS) is 13.6. The lowest BCUT2D eigenvalue weighted by Gasteiger charge is -2.21. The second-order valence-corrected chi connectivity index (χ2v) is 11.2. The second-order valence-electron chi connectivity index (χ2n) is 7.27. The van der Waals surface area contributed by atoms with Gasteiger partial charge in [0.05, 0.1) is 17.4 Å². The average Bonchev–Trinajstić information content (AvgIpc) is 2.74. The van der Waals surface area contributed by atoms with E-state index in [0.29, 0.717) is 12.0 Å². The van der Waals surface area contributed by atoms with Gasteiger partial charge < -0.3 is 18.5 Å². The topological polar surface area (TPSA) is 197 Å². The highest BCUT2D eigenvalue weighted by atomic mass is 32.2. The fourth-order valence-electron chi connectivity index (χ4n) is 3.01. The molecule has 186 valence electrons. The molecule has 0 bridgehead atoms. The summed E-state index contributed by atoms with van der Waals surface area (Å²) in [7, 11) is -5.19.